The van der Waals surface area contributed by atoms with Crippen LogP contribution in [0.5, 0.6) is 5.75 Å². The molecule has 5 rings (SSSR count). The number of aryl methyl sites for hydroxylation is 2. The summed E-state index contributed by atoms with van der Waals surface area (Å²) in [4.78, 5) is 20.9. The Morgan fingerprint density at radius 2 is 1.97 bits per heavy atom. The Morgan fingerprint density at radius 3 is 2.77 bits per heavy atom. The van der Waals surface area contributed by atoms with E-state index in [-0.39, 0.29) is 11.6 Å². The van der Waals surface area contributed by atoms with Crippen molar-refractivity contribution in [2.45, 2.75) is 62.6 Å². The second-order valence-electron chi connectivity index (χ2n) is 8.17. The normalized spacial score (nSPS) is 16.7. The highest BCUT2D eigenvalue weighted by molar-refractivity contribution is 7.99. The predicted octanol–water partition coefficient (Wildman–Crippen LogP) is 6.93. The summed E-state index contributed by atoms with van der Waals surface area (Å²) >= 11 is 15.5. The van der Waals surface area contributed by atoms with Gasteiger partial charge in [0.15, 0.2) is 5.16 Å². The lowest BCUT2D eigenvalue weighted by atomic mass is 9.97. The molecule has 0 amide bonds. The molecule has 0 N–H and O–H groups in total. The SMILES string of the molecule is O=c1c2c3c(sc2nc(SCCOc2ccc(Cl)cc2Cl)n1C1CCCC1)CCCC3. The molecule has 0 unspecified atom stereocenters. The molecular formula is C23H24Cl2N2O2S2. The molecule has 8 heteroatoms. The van der Waals surface area contributed by atoms with Crippen molar-refractivity contribution in [1.29, 1.82) is 0 Å². The Labute approximate surface area is 199 Å². The lowest BCUT2D eigenvalue weighted by Gasteiger charge is -2.18. The monoisotopic (exact) mass is 494 g/mol. The minimum atomic E-state index is 0.167. The van der Waals surface area contributed by atoms with Crippen LogP contribution in [0.4, 0.5) is 0 Å². The third-order valence-corrected chi connectivity index (χ3v) is 8.78. The number of hydrogen-bond donors (Lipinski definition) is 0. The van der Waals surface area contributed by atoms with Gasteiger partial charge in [-0.3, -0.25) is 9.36 Å². The third-order valence-electron chi connectivity index (χ3n) is 6.14. The molecule has 0 radical (unpaired) electrons. The number of hydrogen-bond acceptors (Lipinski definition) is 5. The lowest BCUT2D eigenvalue weighted by Crippen LogP contribution is -2.27. The molecule has 0 saturated heterocycles. The zero-order valence-corrected chi connectivity index (χ0v) is 20.3. The quantitative estimate of drug-likeness (QED) is 0.211. The van der Waals surface area contributed by atoms with E-state index in [1.54, 1.807) is 41.3 Å². The molecular weight excluding hydrogens is 471 g/mol. The van der Waals surface area contributed by atoms with Gasteiger partial charge in [-0.1, -0.05) is 47.8 Å². The highest BCUT2D eigenvalue weighted by atomic mass is 35.5. The number of thioether (sulfide) groups is 1. The number of benzene rings is 1. The van der Waals surface area contributed by atoms with Gasteiger partial charge in [-0.25, -0.2) is 4.98 Å². The van der Waals surface area contributed by atoms with Crippen molar-refractivity contribution in [3.63, 3.8) is 0 Å². The van der Waals surface area contributed by atoms with E-state index in [1.807, 2.05) is 4.57 Å². The first-order valence-corrected chi connectivity index (χ1v) is 13.4. The summed E-state index contributed by atoms with van der Waals surface area (Å²) in [5.74, 6) is 1.31. The molecule has 2 aromatic heterocycles. The van der Waals surface area contributed by atoms with E-state index in [0.717, 1.165) is 41.1 Å². The number of rotatable bonds is 6. The maximum absolute atomic E-state index is 13.7. The van der Waals surface area contributed by atoms with Crippen LogP contribution in [-0.4, -0.2) is 21.9 Å². The van der Waals surface area contributed by atoms with Crippen molar-refractivity contribution < 1.29 is 4.74 Å². The summed E-state index contributed by atoms with van der Waals surface area (Å²) < 4.78 is 7.84. The molecule has 1 fully saturated rings. The molecule has 0 atom stereocenters. The molecule has 2 aliphatic carbocycles. The molecule has 4 nitrogen and oxygen atoms in total. The predicted molar refractivity (Wildman–Crippen MR) is 131 cm³/mol. The number of fused-ring (bicyclic) bond motifs is 3. The van der Waals surface area contributed by atoms with Gasteiger partial charge in [0.05, 0.1) is 17.0 Å². The number of nitrogens with zero attached hydrogens (tertiary/aromatic N) is 2. The molecule has 1 saturated carbocycles. The lowest BCUT2D eigenvalue weighted by molar-refractivity contribution is 0.344. The summed E-state index contributed by atoms with van der Waals surface area (Å²) in [5, 5.41) is 2.81. The summed E-state index contributed by atoms with van der Waals surface area (Å²) in [6, 6.07) is 5.49. The van der Waals surface area contributed by atoms with E-state index < -0.39 is 0 Å². The first-order valence-electron chi connectivity index (χ1n) is 10.9. The highest BCUT2D eigenvalue weighted by Crippen LogP contribution is 2.37. The minimum absolute atomic E-state index is 0.167. The molecule has 2 aliphatic rings. The molecule has 0 aliphatic heterocycles. The van der Waals surface area contributed by atoms with Crippen LogP contribution in [0.1, 0.15) is 55.0 Å². The maximum atomic E-state index is 13.7. The van der Waals surface area contributed by atoms with Gasteiger partial charge in [-0.15, -0.1) is 11.3 Å². The first kappa shape index (κ1) is 21.6. The average molecular weight is 495 g/mol. The highest BCUT2D eigenvalue weighted by Gasteiger charge is 2.26. The van der Waals surface area contributed by atoms with E-state index in [4.69, 9.17) is 32.9 Å². The zero-order valence-electron chi connectivity index (χ0n) is 17.2. The van der Waals surface area contributed by atoms with Crippen molar-refractivity contribution >= 4 is 56.5 Å². The Hall–Kier alpha value is -1.21. The Kier molecular flexibility index (Phi) is 6.52. The fourth-order valence-electron chi connectivity index (χ4n) is 4.66. The van der Waals surface area contributed by atoms with E-state index in [1.165, 1.54) is 36.1 Å². The standard InChI is InChI=1S/C23H24Cl2N2O2S2/c24-14-9-10-18(17(25)13-14)29-11-12-30-23-26-21-20(16-7-3-4-8-19(16)31-21)22(28)27(23)15-5-1-2-6-15/h9-10,13,15H,1-8,11-12H2. The van der Waals surface area contributed by atoms with Crippen LogP contribution < -0.4 is 10.3 Å². The van der Waals surface area contributed by atoms with Crippen LogP contribution >= 0.6 is 46.3 Å². The molecule has 2 heterocycles. The average Bonchev–Trinajstić information content (AvgIpc) is 3.40. The second-order valence-corrected chi connectivity index (χ2v) is 11.2. The van der Waals surface area contributed by atoms with Crippen molar-refractivity contribution in [3.8, 4) is 5.75 Å². The van der Waals surface area contributed by atoms with Crippen LogP contribution in [0, 0.1) is 0 Å². The van der Waals surface area contributed by atoms with Gasteiger partial charge in [-0.05, 0) is 62.3 Å². The molecule has 0 spiro atoms. The molecule has 3 aromatic rings. The van der Waals surface area contributed by atoms with Crippen LogP contribution in [0.3, 0.4) is 0 Å². The number of halogens is 2. The van der Waals surface area contributed by atoms with Crippen LogP contribution in [-0.2, 0) is 12.8 Å². The second kappa shape index (κ2) is 9.34. The first-order chi connectivity index (χ1) is 15.1. The van der Waals surface area contributed by atoms with E-state index >= 15 is 0 Å². The smallest absolute Gasteiger partial charge is 0.263 e. The van der Waals surface area contributed by atoms with Gasteiger partial charge >= 0.3 is 0 Å². The summed E-state index contributed by atoms with van der Waals surface area (Å²) in [5.41, 5.74) is 1.44. The topological polar surface area (TPSA) is 44.1 Å². The fourth-order valence-corrected chi connectivity index (χ4v) is 7.31. The summed E-state index contributed by atoms with van der Waals surface area (Å²) in [6.07, 6.45) is 8.95. The van der Waals surface area contributed by atoms with Crippen molar-refractivity contribution in [1.82, 2.24) is 9.55 Å². The van der Waals surface area contributed by atoms with Gasteiger partial charge in [0.2, 0.25) is 0 Å². The largest absolute Gasteiger partial charge is 0.491 e. The Morgan fingerprint density at radius 1 is 1.16 bits per heavy atom. The molecule has 164 valence electrons. The van der Waals surface area contributed by atoms with Crippen LogP contribution in [0.2, 0.25) is 10.0 Å². The van der Waals surface area contributed by atoms with Crippen molar-refractivity contribution in [2.75, 3.05) is 12.4 Å². The van der Waals surface area contributed by atoms with Gasteiger partial charge < -0.3 is 4.74 Å². The van der Waals surface area contributed by atoms with Crippen molar-refractivity contribution in [3.05, 3.63) is 49.0 Å². The molecule has 0 bridgehead atoms. The van der Waals surface area contributed by atoms with Gasteiger partial charge in [0.25, 0.3) is 5.56 Å². The van der Waals surface area contributed by atoms with Crippen molar-refractivity contribution in [2.24, 2.45) is 0 Å². The number of ether oxygens (including phenoxy) is 1. The molecule has 1 aromatic carbocycles. The van der Waals surface area contributed by atoms with E-state index in [0.29, 0.717) is 28.2 Å². The number of thiophene rings is 1. The van der Waals surface area contributed by atoms with Crippen LogP contribution in [0.15, 0.2) is 28.2 Å². The minimum Gasteiger partial charge on any atom is -0.491 e. The fraction of sp³-hybridized carbons (Fsp3) is 0.478. The zero-order chi connectivity index (χ0) is 21.4. The van der Waals surface area contributed by atoms with Gasteiger partial charge in [0.1, 0.15) is 10.6 Å². The van der Waals surface area contributed by atoms with Gasteiger partial charge in [0, 0.05) is 21.7 Å². The maximum Gasteiger partial charge on any atom is 0.263 e. The third kappa shape index (κ3) is 4.37. The van der Waals surface area contributed by atoms with E-state index in [9.17, 15) is 4.79 Å². The summed E-state index contributed by atoms with van der Waals surface area (Å²) in [6.45, 7) is 0.478. The Balaban J connectivity index is 1.41. The van der Waals surface area contributed by atoms with E-state index in [2.05, 4.69) is 0 Å². The van der Waals surface area contributed by atoms with Gasteiger partial charge in [-0.2, -0.15) is 0 Å². The van der Waals surface area contributed by atoms with Crippen LogP contribution in [0.25, 0.3) is 10.2 Å². The molecule has 31 heavy (non-hydrogen) atoms. The summed E-state index contributed by atoms with van der Waals surface area (Å²) in [7, 11) is 0. The Bertz CT molecular complexity index is 1170. The number of aromatic nitrogens is 2.